The zero-order chi connectivity index (χ0) is 14.8. The van der Waals surface area contributed by atoms with Gasteiger partial charge in [-0.05, 0) is 24.8 Å². The molecule has 0 aliphatic heterocycles. The highest BCUT2D eigenvalue weighted by atomic mass is 79.9. The molecule has 20 heavy (non-hydrogen) atoms. The standard InChI is InChI=1S/C14H18BrNO4/c15-9-5-4-8-12(13(17)18)16-14(19)20-10-11-6-2-1-3-7-11/h1-3,6-7,12H,4-5,8-10H2,(H,16,19)(H,17,18)/t12-/m1/s1. The summed E-state index contributed by atoms with van der Waals surface area (Å²) in [7, 11) is 0. The Labute approximate surface area is 126 Å². The number of hydrogen-bond donors (Lipinski definition) is 2. The predicted octanol–water partition coefficient (Wildman–Crippen LogP) is 2.93. The quantitative estimate of drug-likeness (QED) is 0.562. The number of alkyl carbamates (subject to hydrolysis) is 1. The van der Waals surface area contributed by atoms with Crippen molar-refractivity contribution >= 4 is 28.0 Å². The van der Waals surface area contributed by atoms with Crippen molar-refractivity contribution in [3.05, 3.63) is 35.9 Å². The number of carbonyl (C=O) groups is 2. The molecule has 6 heteroatoms. The van der Waals surface area contributed by atoms with Crippen LogP contribution in [0, 0.1) is 0 Å². The van der Waals surface area contributed by atoms with Crippen LogP contribution < -0.4 is 5.32 Å². The maximum Gasteiger partial charge on any atom is 0.408 e. The van der Waals surface area contributed by atoms with Crippen molar-refractivity contribution in [1.82, 2.24) is 5.32 Å². The first-order chi connectivity index (χ1) is 9.63. The second-order valence-electron chi connectivity index (χ2n) is 4.28. The first-order valence-corrected chi connectivity index (χ1v) is 7.51. The highest BCUT2D eigenvalue weighted by Gasteiger charge is 2.19. The van der Waals surface area contributed by atoms with Crippen LogP contribution in [0.4, 0.5) is 4.79 Å². The average Bonchev–Trinajstić information content (AvgIpc) is 2.45. The van der Waals surface area contributed by atoms with E-state index < -0.39 is 18.1 Å². The number of alkyl halides is 1. The van der Waals surface area contributed by atoms with E-state index in [1.54, 1.807) is 0 Å². The molecule has 0 radical (unpaired) electrons. The summed E-state index contributed by atoms with van der Waals surface area (Å²) in [4.78, 5) is 22.6. The number of carbonyl (C=O) groups excluding carboxylic acids is 1. The molecule has 0 unspecified atom stereocenters. The summed E-state index contributed by atoms with van der Waals surface area (Å²) in [6.45, 7) is 0.125. The summed E-state index contributed by atoms with van der Waals surface area (Å²) in [5, 5.41) is 12.2. The van der Waals surface area contributed by atoms with E-state index in [2.05, 4.69) is 21.2 Å². The number of benzene rings is 1. The minimum Gasteiger partial charge on any atom is -0.480 e. The summed E-state index contributed by atoms with van der Waals surface area (Å²) in [5.74, 6) is -1.05. The van der Waals surface area contributed by atoms with Crippen LogP contribution in [0.5, 0.6) is 0 Å². The Bertz CT molecular complexity index is 424. The van der Waals surface area contributed by atoms with E-state index in [-0.39, 0.29) is 6.61 Å². The van der Waals surface area contributed by atoms with Crippen LogP contribution in [0.2, 0.25) is 0 Å². The van der Waals surface area contributed by atoms with Crippen LogP contribution in [0.15, 0.2) is 30.3 Å². The highest BCUT2D eigenvalue weighted by Crippen LogP contribution is 2.05. The third-order valence-corrected chi connectivity index (χ3v) is 3.24. The van der Waals surface area contributed by atoms with Crippen LogP contribution >= 0.6 is 15.9 Å². The smallest absolute Gasteiger partial charge is 0.408 e. The monoisotopic (exact) mass is 343 g/mol. The Kier molecular flexibility index (Phi) is 7.72. The van der Waals surface area contributed by atoms with Crippen molar-refractivity contribution in [3.63, 3.8) is 0 Å². The molecule has 0 aliphatic carbocycles. The Morgan fingerprint density at radius 3 is 2.55 bits per heavy atom. The number of carboxylic acid groups (broad SMARTS) is 1. The summed E-state index contributed by atoms with van der Waals surface area (Å²) in [6, 6.07) is 8.31. The fraction of sp³-hybridized carbons (Fsp3) is 0.429. The summed E-state index contributed by atoms with van der Waals surface area (Å²) < 4.78 is 4.99. The van der Waals surface area contributed by atoms with Gasteiger partial charge in [0.25, 0.3) is 0 Å². The van der Waals surface area contributed by atoms with E-state index in [1.165, 1.54) is 0 Å². The number of nitrogens with one attached hydrogen (secondary N) is 1. The molecule has 1 amide bonds. The molecule has 110 valence electrons. The summed E-state index contributed by atoms with van der Waals surface area (Å²) in [5.41, 5.74) is 0.855. The minimum atomic E-state index is -1.05. The van der Waals surface area contributed by atoms with Gasteiger partial charge in [0.05, 0.1) is 0 Å². The molecular weight excluding hydrogens is 326 g/mol. The number of aliphatic carboxylic acids is 1. The van der Waals surface area contributed by atoms with E-state index in [0.29, 0.717) is 6.42 Å². The average molecular weight is 344 g/mol. The third kappa shape index (κ3) is 6.56. The molecule has 0 spiro atoms. The summed E-state index contributed by atoms with van der Waals surface area (Å²) >= 11 is 3.28. The van der Waals surface area contributed by atoms with Gasteiger partial charge in [-0.3, -0.25) is 0 Å². The third-order valence-electron chi connectivity index (χ3n) is 2.68. The lowest BCUT2D eigenvalue weighted by Crippen LogP contribution is -2.41. The maximum atomic E-state index is 11.6. The Morgan fingerprint density at radius 1 is 1.25 bits per heavy atom. The predicted molar refractivity (Wildman–Crippen MR) is 78.8 cm³/mol. The van der Waals surface area contributed by atoms with Gasteiger partial charge in [0.15, 0.2) is 0 Å². The molecule has 0 aliphatic rings. The fourth-order valence-corrected chi connectivity index (χ4v) is 2.00. The van der Waals surface area contributed by atoms with Gasteiger partial charge in [0, 0.05) is 5.33 Å². The number of halogens is 1. The van der Waals surface area contributed by atoms with Gasteiger partial charge < -0.3 is 15.2 Å². The number of carboxylic acids is 1. The largest absolute Gasteiger partial charge is 0.480 e. The highest BCUT2D eigenvalue weighted by molar-refractivity contribution is 9.09. The van der Waals surface area contributed by atoms with Gasteiger partial charge >= 0.3 is 12.1 Å². The normalized spacial score (nSPS) is 11.7. The van der Waals surface area contributed by atoms with Crippen LogP contribution in [0.3, 0.4) is 0 Å². The van der Waals surface area contributed by atoms with Gasteiger partial charge in [0.1, 0.15) is 12.6 Å². The van der Waals surface area contributed by atoms with Crippen LogP contribution in [0.25, 0.3) is 0 Å². The molecule has 0 saturated carbocycles. The lowest BCUT2D eigenvalue weighted by Gasteiger charge is -2.14. The van der Waals surface area contributed by atoms with Gasteiger partial charge in [0.2, 0.25) is 0 Å². The Balaban J connectivity index is 2.36. The molecule has 5 nitrogen and oxygen atoms in total. The molecule has 0 fully saturated rings. The van der Waals surface area contributed by atoms with Crippen LogP contribution in [-0.2, 0) is 16.1 Å². The van der Waals surface area contributed by atoms with Crippen molar-refractivity contribution in [2.75, 3.05) is 5.33 Å². The number of ether oxygens (including phenoxy) is 1. The minimum absolute atomic E-state index is 0.125. The van der Waals surface area contributed by atoms with E-state index in [9.17, 15) is 9.59 Å². The molecule has 1 aromatic rings. The van der Waals surface area contributed by atoms with Gasteiger partial charge in [-0.25, -0.2) is 9.59 Å². The van der Waals surface area contributed by atoms with Crippen molar-refractivity contribution in [2.45, 2.75) is 31.9 Å². The molecule has 0 heterocycles. The topological polar surface area (TPSA) is 75.6 Å². The number of unbranched alkanes of at least 4 members (excludes halogenated alkanes) is 1. The first kappa shape index (κ1) is 16.5. The molecule has 0 saturated heterocycles. The molecule has 1 aromatic carbocycles. The van der Waals surface area contributed by atoms with Crippen LogP contribution in [0.1, 0.15) is 24.8 Å². The van der Waals surface area contributed by atoms with Gasteiger partial charge in [-0.15, -0.1) is 0 Å². The van der Waals surface area contributed by atoms with Crippen molar-refractivity contribution < 1.29 is 19.4 Å². The second kappa shape index (κ2) is 9.36. The van der Waals surface area contributed by atoms with Crippen molar-refractivity contribution in [3.8, 4) is 0 Å². The number of hydrogen-bond acceptors (Lipinski definition) is 3. The van der Waals surface area contributed by atoms with E-state index in [1.807, 2.05) is 30.3 Å². The fourth-order valence-electron chi connectivity index (χ4n) is 1.61. The van der Waals surface area contributed by atoms with Gasteiger partial charge in [-0.1, -0.05) is 46.3 Å². The number of rotatable bonds is 8. The molecule has 0 bridgehead atoms. The van der Waals surface area contributed by atoms with Crippen molar-refractivity contribution in [1.29, 1.82) is 0 Å². The lowest BCUT2D eigenvalue weighted by atomic mass is 10.1. The van der Waals surface area contributed by atoms with Gasteiger partial charge in [-0.2, -0.15) is 0 Å². The SMILES string of the molecule is O=C(N[C@H](CCCCBr)C(=O)O)OCc1ccccc1. The van der Waals surface area contributed by atoms with E-state index >= 15 is 0 Å². The lowest BCUT2D eigenvalue weighted by molar-refractivity contribution is -0.139. The van der Waals surface area contributed by atoms with E-state index in [0.717, 1.165) is 23.7 Å². The number of amides is 1. The second-order valence-corrected chi connectivity index (χ2v) is 5.07. The zero-order valence-corrected chi connectivity index (χ0v) is 12.6. The van der Waals surface area contributed by atoms with Crippen molar-refractivity contribution in [2.24, 2.45) is 0 Å². The molecule has 1 atom stereocenters. The molecule has 1 rings (SSSR count). The maximum absolute atomic E-state index is 11.6. The summed E-state index contributed by atoms with van der Waals surface area (Å²) in [6.07, 6.45) is 1.27. The molecule has 0 aromatic heterocycles. The molecular formula is C14H18BrNO4. The Hall–Kier alpha value is -1.56. The van der Waals surface area contributed by atoms with Crippen LogP contribution in [-0.4, -0.2) is 28.5 Å². The van der Waals surface area contributed by atoms with E-state index in [4.69, 9.17) is 9.84 Å². The zero-order valence-electron chi connectivity index (χ0n) is 11.0. The first-order valence-electron chi connectivity index (χ1n) is 6.39. The molecule has 2 N–H and O–H groups in total. The Morgan fingerprint density at radius 2 is 1.95 bits per heavy atom.